The molecule has 29 heavy (non-hydrogen) atoms. The Balaban J connectivity index is 1.62. The van der Waals surface area contributed by atoms with Crippen LogP contribution in [0.3, 0.4) is 0 Å². The molecular formula is C24H33NO2SSi. The molecule has 0 radical (unpaired) electrons. The third-order valence-corrected chi connectivity index (χ3v) is 5.77. The maximum atomic E-state index is 5.84. The van der Waals surface area contributed by atoms with E-state index in [0.29, 0.717) is 19.8 Å². The smallest absolute Gasteiger partial charge is 0.129 e. The zero-order valence-electron chi connectivity index (χ0n) is 18.1. The van der Waals surface area contributed by atoms with E-state index < -0.39 is 8.07 Å². The topological polar surface area (TPSA) is 21.7 Å². The van der Waals surface area contributed by atoms with Crippen LogP contribution in [0.2, 0.25) is 19.6 Å². The zero-order chi connectivity index (χ0) is 21.0. The van der Waals surface area contributed by atoms with Crippen molar-refractivity contribution < 1.29 is 9.47 Å². The molecule has 5 heteroatoms. The van der Waals surface area contributed by atoms with E-state index >= 15 is 0 Å². The molecule has 3 nitrogen and oxygen atoms in total. The molecule has 1 aromatic carbocycles. The normalized spacial score (nSPS) is 11.6. The highest BCUT2D eigenvalue weighted by molar-refractivity contribution is 7.08. The second-order valence-electron chi connectivity index (χ2n) is 7.82. The van der Waals surface area contributed by atoms with E-state index in [9.17, 15) is 0 Å². The van der Waals surface area contributed by atoms with Gasteiger partial charge in [-0.25, -0.2) is 0 Å². The third-order valence-electron chi connectivity index (χ3n) is 4.20. The van der Waals surface area contributed by atoms with Crippen molar-refractivity contribution in [3.63, 3.8) is 0 Å². The number of benzene rings is 1. The number of nitrogens with zero attached hydrogens (tertiary/aromatic N) is 1. The van der Waals surface area contributed by atoms with Gasteiger partial charge in [-0.05, 0) is 52.7 Å². The molecule has 0 spiro atoms. The van der Waals surface area contributed by atoms with Crippen molar-refractivity contribution in [2.45, 2.75) is 26.6 Å². The fourth-order valence-corrected chi connectivity index (χ4v) is 3.79. The lowest BCUT2D eigenvalue weighted by atomic mass is 10.1. The highest BCUT2D eigenvalue weighted by Crippen LogP contribution is 2.25. The predicted molar refractivity (Wildman–Crippen MR) is 128 cm³/mol. The van der Waals surface area contributed by atoms with E-state index in [0.717, 1.165) is 25.4 Å². The van der Waals surface area contributed by atoms with Crippen LogP contribution in [0.15, 0.2) is 53.2 Å². The standard InChI is InChI=1S/C24H33NO2SSi/c1-5-25(13-7-6-8-19-29(2,3)4)14-15-26-16-17-27-24-11-9-10-22(20-24)23-12-18-28-21-23/h6-7,9-12,18,20-21H,5,13-17H2,1-4H3/b7-6+. The second-order valence-corrected chi connectivity index (χ2v) is 13.3. The molecule has 156 valence electrons. The number of allylic oxidation sites excluding steroid dienone is 1. The average Bonchev–Trinajstić information content (AvgIpc) is 3.23. The summed E-state index contributed by atoms with van der Waals surface area (Å²) in [5.41, 5.74) is 5.77. The highest BCUT2D eigenvalue weighted by Gasteiger charge is 2.06. The summed E-state index contributed by atoms with van der Waals surface area (Å²) in [6.45, 7) is 13.6. The second kappa shape index (κ2) is 12.7. The molecule has 0 aliphatic heterocycles. The van der Waals surface area contributed by atoms with Crippen LogP contribution in [-0.4, -0.2) is 52.4 Å². The van der Waals surface area contributed by atoms with Crippen LogP contribution in [0.5, 0.6) is 5.75 Å². The van der Waals surface area contributed by atoms with Crippen LogP contribution in [0.4, 0.5) is 0 Å². The molecule has 0 bridgehead atoms. The first-order valence-corrected chi connectivity index (χ1v) is 14.7. The minimum atomic E-state index is -1.28. The lowest BCUT2D eigenvalue weighted by Crippen LogP contribution is -2.28. The Morgan fingerprint density at radius 3 is 2.69 bits per heavy atom. The van der Waals surface area contributed by atoms with Gasteiger partial charge in [-0.2, -0.15) is 11.3 Å². The zero-order valence-corrected chi connectivity index (χ0v) is 19.9. The number of thiophene rings is 1. The van der Waals surface area contributed by atoms with Gasteiger partial charge < -0.3 is 9.47 Å². The molecule has 1 heterocycles. The molecule has 0 aliphatic carbocycles. The highest BCUT2D eigenvalue weighted by atomic mass is 32.1. The molecule has 0 atom stereocenters. The maximum Gasteiger partial charge on any atom is 0.129 e. The lowest BCUT2D eigenvalue weighted by molar-refractivity contribution is 0.0832. The van der Waals surface area contributed by atoms with Crippen molar-refractivity contribution in [3.05, 3.63) is 53.2 Å². The largest absolute Gasteiger partial charge is 0.491 e. The number of hydrogen-bond acceptors (Lipinski definition) is 4. The van der Waals surface area contributed by atoms with Gasteiger partial charge in [-0.3, -0.25) is 4.90 Å². The SMILES string of the molecule is CCN(C/C=C/C#C[Si](C)(C)C)CCOCCOc1cccc(-c2ccsc2)c1. The van der Waals surface area contributed by atoms with Crippen molar-refractivity contribution in [2.75, 3.05) is 39.5 Å². The summed E-state index contributed by atoms with van der Waals surface area (Å²) >= 11 is 1.71. The van der Waals surface area contributed by atoms with Crippen LogP contribution in [-0.2, 0) is 4.74 Å². The third kappa shape index (κ3) is 9.96. The Morgan fingerprint density at radius 2 is 1.97 bits per heavy atom. The first-order chi connectivity index (χ1) is 14.0. The number of ether oxygens (including phenoxy) is 2. The van der Waals surface area contributed by atoms with Gasteiger partial charge in [0.1, 0.15) is 20.4 Å². The van der Waals surface area contributed by atoms with E-state index in [4.69, 9.17) is 9.47 Å². The van der Waals surface area contributed by atoms with E-state index in [2.05, 4.69) is 78.0 Å². The van der Waals surface area contributed by atoms with E-state index in [-0.39, 0.29) is 0 Å². The van der Waals surface area contributed by atoms with Gasteiger partial charge in [0, 0.05) is 13.1 Å². The van der Waals surface area contributed by atoms with Crippen LogP contribution in [0, 0.1) is 11.5 Å². The molecule has 2 aromatic rings. The first-order valence-electron chi connectivity index (χ1n) is 10.2. The number of rotatable bonds is 11. The van der Waals surface area contributed by atoms with Gasteiger partial charge in [0.05, 0.1) is 13.2 Å². The van der Waals surface area contributed by atoms with Crippen LogP contribution in [0.25, 0.3) is 11.1 Å². The maximum absolute atomic E-state index is 5.84. The summed E-state index contributed by atoms with van der Waals surface area (Å²) < 4.78 is 11.6. The van der Waals surface area contributed by atoms with Gasteiger partial charge in [-0.1, -0.05) is 50.7 Å². The van der Waals surface area contributed by atoms with Gasteiger partial charge >= 0.3 is 0 Å². The summed E-state index contributed by atoms with van der Waals surface area (Å²) in [5, 5.41) is 4.24. The lowest BCUT2D eigenvalue weighted by Gasteiger charge is -2.18. The molecule has 0 aliphatic rings. The quantitative estimate of drug-likeness (QED) is 0.266. The number of hydrogen-bond donors (Lipinski definition) is 0. The van der Waals surface area contributed by atoms with Crippen molar-refractivity contribution in [1.29, 1.82) is 0 Å². The molecule has 0 fully saturated rings. The predicted octanol–water partition coefficient (Wildman–Crippen LogP) is 5.57. The Bertz CT molecular complexity index is 800. The molecule has 0 unspecified atom stereocenters. The molecule has 1 aromatic heterocycles. The van der Waals surface area contributed by atoms with E-state index in [1.54, 1.807) is 11.3 Å². The summed E-state index contributed by atoms with van der Waals surface area (Å²) in [4.78, 5) is 2.35. The summed E-state index contributed by atoms with van der Waals surface area (Å²) in [7, 11) is -1.28. The molecule has 0 N–H and O–H groups in total. The number of likely N-dealkylation sites (N-methyl/N-ethyl adjacent to an activating group) is 1. The monoisotopic (exact) mass is 427 g/mol. The first kappa shape index (κ1) is 23.4. The fourth-order valence-electron chi connectivity index (χ4n) is 2.61. The summed E-state index contributed by atoms with van der Waals surface area (Å²) in [6.07, 6.45) is 4.13. The van der Waals surface area contributed by atoms with Crippen molar-refractivity contribution in [1.82, 2.24) is 4.90 Å². The van der Waals surface area contributed by atoms with Gasteiger partial charge in [0.15, 0.2) is 0 Å². The Morgan fingerprint density at radius 1 is 1.10 bits per heavy atom. The van der Waals surface area contributed by atoms with Crippen molar-refractivity contribution >= 4 is 19.4 Å². The van der Waals surface area contributed by atoms with Crippen LogP contribution >= 0.6 is 11.3 Å². The minimum absolute atomic E-state index is 0.561. The van der Waals surface area contributed by atoms with E-state index in [1.807, 2.05) is 18.2 Å². The Kier molecular flexibility index (Phi) is 10.2. The minimum Gasteiger partial charge on any atom is -0.491 e. The summed E-state index contributed by atoms with van der Waals surface area (Å²) in [6, 6.07) is 10.3. The van der Waals surface area contributed by atoms with Gasteiger partial charge in [0.2, 0.25) is 0 Å². The molecular weight excluding hydrogens is 394 g/mol. The Hall–Kier alpha value is -1.84. The molecule has 2 rings (SSSR count). The van der Waals surface area contributed by atoms with Crippen molar-refractivity contribution in [2.24, 2.45) is 0 Å². The van der Waals surface area contributed by atoms with Crippen molar-refractivity contribution in [3.8, 4) is 28.3 Å². The van der Waals surface area contributed by atoms with Crippen LogP contribution < -0.4 is 4.74 Å². The Labute approximate surface area is 181 Å². The summed E-state index contributed by atoms with van der Waals surface area (Å²) in [5.74, 6) is 4.06. The van der Waals surface area contributed by atoms with Gasteiger partial charge in [0.25, 0.3) is 0 Å². The average molecular weight is 428 g/mol. The van der Waals surface area contributed by atoms with E-state index in [1.165, 1.54) is 11.1 Å². The fraction of sp³-hybridized carbons (Fsp3) is 0.417. The molecule has 0 saturated heterocycles. The molecule has 0 saturated carbocycles. The van der Waals surface area contributed by atoms with Gasteiger partial charge in [-0.15, -0.1) is 5.54 Å². The molecule has 0 amide bonds. The van der Waals surface area contributed by atoms with Crippen LogP contribution in [0.1, 0.15) is 6.92 Å².